The van der Waals surface area contributed by atoms with Gasteiger partial charge in [0.25, 0.3) is 5.91 Å². The number of carbonyl (C=O) groups excluding carboxylic acids is 1. The standard InChI is InChI=1S/C11H12BrNO4/c1-6-4-7(2-3-8(6)12)10(15)13-9(5-14)11(16)17/h2-4,9,14H,5H2,1H3,(H,13,15)(H,16,17)/t9-/m0/s1. The number of aliphatic hydroxyl groups is 1. The van der Waals surface area contributed by atoms with Crippen molar-refractivity contribution < 1.29 is 19.8 Å². The van der Waals surface area contributed by atoms with Gasteiger partial charge in [0.15, 0.2) is 6.04 Å². The SMILES string of the molecule is Cc1cc(C(=O)N[C@@H](CO)C(=O)O)ccc1Br. The fourth-order valence-electron chi connectivity index (χ4n) is 1.21. The summed E-state index contributed by atoms with van der Waals surface area (Å²) in [5, 5.41) is 19.7. The van der Waals surface area contributed by atoms with E-state index in [1.165, 1.54) is 0 Å². The van der Waals surface area contributed by atoms with E-state index in [0.29, 0.717) is 5.56 Å². The number of rotatable bonds is 4. The van der Waals surface area contributed by atoms with E-state index in [1.54, 1.807) is 18.2 Å². The van der Waals surface area contributed by atoms with Gasteiger partial charge in [-0.2, -0.15) is 0 Å². The molecule has 0 aliphatic carbocycles. The fraction of sp³-hybridized carbons (Fsp3) is 0.273. The van der Waals surface area contributed by atoms with Gasteiger partial charge in [-0.1, -0.05) is 15.9 Å². The van der Waals surface area contributed by atoms with Crippen molar-refractivity contribution in [2.75, 3.05) is 6.61 Å². The van der Waals surface area contributed by atoms with Crippen LogP contribution < -0.4 is 5.32 Å². The normalized spacial score (nSPS) is 11.9. The smallest absolute Gasteiger partial charge is 0.328 e. The quantitative estimate of drug-likeness (QED) is 0.772. The number of benzene rings is 1. The minimum Gasteiger partial charge on any atom is -0.480 e. The second-order valence-corrected chi connectivity index (χ2v) is 4.37. The Morgan fingerprint density at radius 2 is 2.12 bits per heavy atom. The highest BCUT2D eigenvalue weighted by atomic mass is 79.9. The number of carboxylic acid groups (broad SMARTS) is 1. The summed E-state index contributed by atoms with van der Waals surface area (Å²) in [6, 6.07) is 3.63. The molecule has 17 heavy (non-hydrogen) atoms. The summed E-state index contributed by atoms with van der Waals surface area (Å²) in [5.41, 5.74) is 1.22. The van der Waals surface area contributed by atoms with Crippen LogP contribution in [0.5, 0.6) is 0 Å². The summed E-state index contributed by atoms with van der Waals surface area (Å²) >= 11 is 3.30. The lowest BCUT2D eigenvalue weighted by Gasteiger charge is -2.12. The highest BCUT2D eigenvalue weighted by Crippen LogP contribution is 2.17. The monoisotopic (exact) mass is 301 g/mol. The molecule has 0 aliphatic heterocycles. The molecule has 0 heterocycles. The zero-order valence-corrected chi connectivity index (χ0v) is 10.7. The molecule has 0 radical (unpaired) electrons. The molecule has 5 nitrogen and oxygen atoms in total. The van der Waals surface area contributed by atoms with Gasteiger partial charge >= 0.3 is 5.97 Å². The predicted molar refractivity (Wildman–Crippen MR) is 64.9 cm³/mol. The molecule has 1 rings (SSSR count). The largest absolute Gasteiger partial charge is 0.480 e. The maximum atomic E-state index is 11.7. The number of aliphatic carboxylic acids is 1. The average molecular weight is 302 g/mol. The lowest BCUT2D eigenvalue weighted by molar-refractivity contribution is -0.140. The third kappa shape index (κ3) is 3.54. The zero-order chi connectivity index (χ0) is 13.0. The Morgan fingerprint density at radius 3 is 2.59 bits per heavy atom. The number of hydrogen-bond donors (Lipinski definition) is 3. The highest BCUT2D eigenvalue weighted by molar-refractivity contribution is 9.10. The topological polar surface area (TPSA) is 86.6 Å². The van der Waals surface area contributed by atoms with Crippen molar-refractivity contribution in [1.82, 2.24) is 5.32 Å². The first-order chi connectivity index (χ1) is 7.95. The Labute approximate surface area is 107 Å². The molecule has 0 bridgehead atoms. The van der Waals surface area contributed by atoms with Gasteiger partial charge in [-0.25, -0.2) is 4.79 Å². The van der Waals surface area contributed by atoms with Crippen LogP contribution in [0.15, 0.2) is 22.7 Å². The molecule has 0 saturated carbocycles. The number of carboxylic acids is 1. The lowest BCUT2D eigenvalue weighted by atomic mass is 10.1. The fourth-order valence-corrected chi connectivity index (χ4v) is 1.46. The maximum Gasteiger partial charge on any atom is 0.328 e. The summed E-state index contributed by atoms with van der Waals surface area (Å²) in [6.07, 6.45) is 0. The van der Waals surface area contributed by atoms with Crippen LogP contribution in [0.3, 0.4) is 0 Å². The molecular formula is C11H12BrNO4. The maximum absolute atomic E-state index is 11.7. The van der Waals surface area contributed by atoms with E-state index in [4.69, 9.17) is 10.2 Å². The number of halogens is 1. The van der Waals surface area contributed by atoms with E-state index >= 15 is 0 Å². The molecule has 1 aromatic carbocycles. The number of carbonyl (C=O) groups is 2. The Kier molecular flexibility index (Phi) is 4.65. The first kappa shape index (κ1) is 13.7. The van der Waals surface area contributed by atoms with Crippen LogP contribution in [0.4, 0.5) is 0 Å². The third-order valence-electron chi connectivity index (χ3n) is 2.21. The van der Waals surface area contributed by atoms with E-state index in [-0.39, 0.29) is 0 Å². The van der Waals surface area contributed by atoms with E-state index < -0.39 is 24.5 Å². The molecule has 0 aromatic heterocycles. The molecule has 3 N–H and O–H groups in total. The molecule has 0 aliphatic rings. The third-order valence-corrected chi connectivity index (χ3v) is 3.10. The average Bonchev–Trinajstić information content (AvgIpc) is 2.28. The number of nitrogens with one attached hydrogen (secondary N) is 1. The van der Waals surface area contributed by atoms with E-state index in [1.807, 2.05) is 6.92 Å². The first-order valence-electron chi connectivity index (χ1n) is 4.86. The Hall–Kier alpha value is -1.40. The van der Waals surface area contributed by atoms with Gasteiger partial charge in [0, 0.05) is 10.0 Å². The van der Waals surface area contributed by atoms with Crippen molar-refractivity contribution >= 4 is 27.8 Å². The van der Waals surface area contributed by atoms with Gasteiger partial charge in [0.2, 0.25) is 0 Å². The number of aryl methyl sites for hydroxylation is 1. The summed E-state index contributed by atoms with van der Waals surface area (Å²) in [7, 11) is 0. The van der Waals surface area contributed by atoms with Gasteiger partial charge in [0.05, 0.1) is 6.61 Å². The predicted octanol–water partition coefficient (Wildman–Crippen LogP) is 0.933. The van der Waals surface area contributed by atoms with Crippen LogP contribution in [0.2, 0.25) is 0 Å². The van der Waals surface area contributed by atoms with E-state index in [2.05, 4.69) is 21.2 Å². The Balaban J connectivity index is 2.82. The van der Waals surface area contributed by atoms with Gasteiger partial charge in [0.1, 0.15) is 0 Å². The summed E-state index contributed by atoms with van der Waals surface area (Å²) < 4.78 is 0.867. The molecule has 0 spiro atoms. The van der Waals surface area contributed by atoms with Crippen LogP contribution in [0.25, 0.3) is 0 Å². The summed E-state index contributed by atoms with van der Waals surface area (Å²) in [4.78, 5) is 22.3. The van der Waals surface area contributed by atoms with Crippen molar-refractivity contribution in [3.05, 3.63) is 33.8 Å². The molecule has 1 amide bonds. The van der Waals surface area contributed by atoms with Gasteiger partial charge in [-0.3, -0.25) is 4.79 Å². The lowest BCUT2D eigenvalue weighted by Crippen LogP contribution is -2.43. The molecule has 6 heteroatoms. The van der Waals surface area contributed by atoms with E-state index in [9.17, 15) is 9.59 Å². The van der Waals surface area contributed by atoms with Gasteiger partial charge in [-0.15, -0.1) is 0 Å². The minimum atomic E-state index is -1.29. The van der Waals surface area contributed by atoms with E-state index in [0.717, 1.165) is 10.0 Å². The molecule has 1 atom stereocenters. The summed E-state index contributed by atoms with van der Waals surface area (Å²) in [5.74, 6) is -1.79. The first-order valence-corrected chi connectivity index (χ1v) is 5.65. The van der Waals surface area contributed by atoms with Crippen LogP contribution >= 0.6 is 15.9 Å². The van der Waals surface area contributed by atoms with Crippen molar-refractivity contribution in [1.29, 1.82) is 0 Å². The number of amides is 1. The van der Waals surface area contributed by atoms with Gasteiger partial charge < -0.3 is 15.5 Å². The number of hydrogen-bond acceptors (Lipinski definition) is 3. The molecule has 1 aromatic rings. The summed E-state index contributed by atoms with van der Waals surface area (Å²) in [6.45, 7) is 1.18. The van der Waals surface area contributed by atoms with Gasteiger partial charge in [-0.05, 0) is 30.7 Å². The number of aliphatic hydroxyl groups excluding tert-OH is 1. The molecule has 0 saturated heterocycles. The second kappa shape index (κ2) is 5.79. The molecule has 0 unspecified atom stereocenters. The molecular weight excluding hydrogens is 290 g/mol. The van der Waals surface area contributed by atoms with Crippen LogP contribution in [-0.4, -0.2) is 34.7 Å². The highest BCUT2D eigenvalue weighted by Gasteiger charge is 2.19. The van der Waals surface area contributed by atoms with Crippen molar-refractivity contribution in [2.45, 2.75) is 13.0 Å². The van der Waals surface area contributed by atoms with Crippen molar-refractivity contribution in [3.8, 4) is 0 Å². The van der Waals surface area contributed by atoms with Crippen LogP contribution in [0.1, 0.15) is 15.9 Å². The second-order valence-electron chi connectivity index (χ2n) is 3.51. The van der Waals surface area contributed by atoms with Crippen LogP contribution in [-0.2, 0) is 4.79 Å². The molecule has 0 fully saturated rings. The Bertz CT molecular complexity index is 447. The van der Waals surface area contributed by atoms with Crippen LogP contribution in [0, 0.1) is 6.92 Å². The zero-order valence-electron chi connectivity index (χ0n) is 9.11. The van der Waals surface area contributed by atoms with Crippen molar-refractivity contribution in [2.24, 2.45) is 0 Å². The minimum absolute atomic E-state index is 0.352. The van der Waals surface area contributed by atoms with Crippen molar-refractivity contribution in [3.63, 3.8) is 0 Å². The Morgan fingerprint density at radius 1 is 1.47 bits per heavy atom. The molecule has 92 valence electrons.